The van der Waals surface area contributed by atoms with Crippen molar-refractivity contribution < 1.29 is 14.6 Å². The Bertz CT molecular complexity index is 1050. The first-order valence-electron chi connectivity index (χ1n) is 8.44. The lowest BCUT2D eigenvalue weighted by Gasteiger charge is -2.06. The maximum atomic E-state index is 12.3. The summed E-state index contributed by atoms with van der Waals surface area (Å²) in [6, 6.07) is 8.38. The quantitative estimate of drug-likeness (QED) is 0.316. The van der Waals surface area contributed by atoms with E-state index in [0.29, 0.717) is 16.4 Å². The number of benzene rings is 2. The number of ether oxygens (including phenoxy) is 1. The van der Waals surface area contributed by atoms with Gasteiger partial charge in [-0.1, -0.05) is 37.2 Å². The number of hydrazone groups is 1. The molecule has 0 saturated carbocycles. The highest BCUT2D eigenvalue weighted by Gasteiger charge is 2.11. The average molecular weight is 419 g/mol. The molecule has 0 fully saturated rings. The fourth-order valence-corrected chi connectivity index (χ4v) is 3.43. The molecular weight excluding hydrogens is 400 g/mol. The normalized spacial score (nSPS) is 11.5. The Morgan fingerprint density at radius 1 is 1.39 bits per heavy atom. The Hall–Kier alpha value is -2.71. The standard InChI is InChI=1S/C19H19ClN4O3S/c1-10(2)28-19-22-13-6-4-11(8-14(13)23-19)18(26)24-21-9-12-5-7-15(27-3)17(25)16(12)20/h4-10,25H,1-3H3,(H,22,23)(H,24,26)/b21-9-. The van der Waals surface area contributed by atoms with Gasteiger partial charge in [0, 0.05) is 16.4 Å². The predicted octanol–water partition coefficient (Wildman–Crippen LogP) is 4.19. The van der Waals surface area contributed by atoms with Gasteiger partial charge in [0.05, 0.1) is 29.4 Å². The molecule has 1 heterocycles. The SMILES string of the molecule is COc1ccc(/C=N\NC(=O)c2ccc3nc(SC(C)C)[nH]c3c2)c(Cl)c1O. The largest absolute Gasteiger partial charge is 0.503 e. The molecule has 0 spiro atoms. The molecule has 28 heavy (non-hydrogen) atoms. The van der Waals surface area contributed by atoms with E-state index in [1.165, 1.54) is 13.3 Å². The number of fused-ring (bicyclic) bond motifs is 1. The molecule has 0 bridgehead atoms. The number of carbonyl (C=O) groups excluding carboxylic acids is 1. The topological polar surface area (TPSA) is 99.6 Å². The van der Waals surface area contributed by atoms with Gasteiger partial charge in [-0.25, -0.2) is 10.4 Å². The molecular formula is C19H19ClN4O3S. The second kappa shape index (κ2) is 8.53. The van der Waals surface area contributed by atoms with Crippen LogP contribution in [-0.4, -0.2) is 39.6 Å². The number of halogens is 1. The molecule has 0 atom stereocenters. The van der Waals surface area contributed by atoms with Crippen LogP contribution in [0.2, 0.25) is 5.02 Å². The van der Waals surface area contributed by atoms with E-state index in [0.717, 1.165) is 16.2 Å². The first-order valence-corrected chi connectivity index (χ1v) is 9.70. The van der Waals surface area contributed by atoms with Crippen molar-refractivity contribution in [2.24, 2.45) is 5.10 Å². The number of hydrogen-bond acceptors (Lipinski definition) is 6. The first kappa shape index (κ1) is 20.0. The van der Waals surface area contributed by atoms with Crippen LogP contribution in [0.5, 0.6) is 11.5 Å². The number of methoxy groups -OCH3 is 1. The van der Waals surface area contributed by atoms with Crippen molar-refractivity contribution in [2.45, 2.75) is 24.3 Å². The molecule has 9 heteroatoms. The Kier molecular flexibility index (Phi) is 6.11. The molecule has 1 aromatic heterocycles. The minimum absolute atomic E-state index is 0.0893. The van der Waals surface area contributed by atoms with E-state index in [-0.39, 0.29) is 22.4 Å². The van der Waals surface area contributed by atoms with Crippen molar-refractivity contribution in [3.05, 3.63) is 46.5 Å². The van der Waals surface area contributed by atoms with Crippen LogP contribution in [0.25, 0.3) is 11.0 Å². The van der Waals surface area contributed by atoms with E-state index < -0.39 is 0 Å². The fraction of sp³-hybridized carbons (Fsp3) is 0.211. The highest BCUT2D eigenvalue weighted by molar-refractivity contribution is 7.99. The molecule has 146 valence electrons. The minimum Gasteiger partial charge on any atom is -0.503 e. The molecule has 0 saturated heterocycles. The highest BCUT2D eigenvalue weighted by atomic mass is 35.5. The summed E-state index contributed by atoms with van der Waals surface area (Å²) in [5.74, 6) is -0.298. The zero-order valence-electron chi connectivity index (χ0n) is 15.5. The zero-order chi connectivity index (χ0) is 20.3. The summed E-state index contributed by atoms with van der Waals surface area (Å²) in [5.41, 5.74) is 4.91. The van der Waals surface area contributed by atoms with Gasteiger partial charge in [0.2, 0.25) is 0 Å². The van der Waals surface area contributed by atoms with E-state index in [9.17, 15) is 9.90 Å². The third kappa shape index (κ3) is 4.40. The van der Waals surface area contributed by atoms with E-state index in [1.54, 1.807) is 42.1 Å². The van der Waals surface area contributed by atoms with Crippen LogP contribution in [-0.2, 0) is 0 Å². The number of nitrogens with zero attached hydrogens (tertiary/aromatic N) is 2. The number of amides is 1. The van der Waals surface area contributed by atoms with Crippen molar-refractivity contribution in [3.8, 4) is 11.5 Å². The summed E-state index contributed by atoms with van der Waals surface area (Å²) in [6.07, 6.45) is 1.35. The molecule has 3 aromatic rings. The van der Waals surface area contributed by atoms with Crippen molar-refractivity contribution in [1.29, 1.82) is 0 Å². The highest BCUT2D eigenvalue weighted by Crippen LogP contribution is 2.35. The van der Waals surface area contributed by atoms with Crippen LogP contribution in [0.1, 0.15) is 29.8 Å². The number of aromatic amines is 1. The van der Waals surface area contributed by atoms with Crippen LogP contribution in [0, 0.1) is 0 Å². The minimum atomic E-state index is -0.375. The fourth-order valence-electron chi connectivity index (χ4n) is 2.46. The Morgan fingerprint density at radius 2 is 2.18 bits per heavy atom. The lowest BCUT2D eigenvalue weighted by atomic mass is 10.2. The second-order valence-electron chi connectivity index (χ2n) is 6.16. The third-order valence-corrected chi connectivity index (χ3v) is 5.05. The summed E-state index contributed by atoms with van der Waals surface area (Å²) in [7, 11) is 1.43. The van der Waals surface area contributed by atoms with Crippen LogP contribution in [0.4, 0.5) is 0 Å². The zero-order valence-corrected chi connectivity index (χ0v) is 17.1. The van der Waals surface area contributed by atoms with Gasteiger partial charge in [-0.2, -0.15) is 5.10 Å². The summed E-state index contributed by atoms with van der Waals surface area (Å²) in [5, 5.41) is 15.1. The van der Waals surface area contributed by atoms with Crippen LogP contribution < -0.4 is 10.2 Å². The molecule has 3 rings (SSSR count). The molecule has 3 N–H and O–H groups in total. The number of H-pyrrole nitrogens is 1. The van der Waals surface area contributed by atoms with Crippen LogP contribution in [0.15, 0.2) is 40.6 Å². The van der Waals surface area contributed by atoms with Crippen LogP contribution >= 0.6 is 23.4 Å². The van der Waals surface area contributed by atoms with Gasteiger partial charge in [0.1, 0.15) is 0 Å². The van der Waals surface area contributed by atoms with Gasteiger partial charge in [0.25, 0.3) is 5.91 Å². The molecule has 0 unspecified atom stereocenters. The Labute approximate surface area is 171 Å². The van der Waals surface area contributed by atoms with Gasteiger partial charge in [-0.3, -0.25) is 4.79 Å². The second-order valence-corrected chi connectivity index (χ2v) is 8.10. The molecule has 0 aliphatic rings. The smallest absolute Gasteiger partial charge is 0.271 e. The van der Waals surface area contributed by atoms with Crippen molar-refractivity contribution in [2.75, 3.05) is 7.11 Å². The van der Waals surface area contributed by atoms with Crippen molar-refractivity contribution in [3.63, 3.8) is 0 Å². The number of hydrogen-bond donors (Lipinski definition) is 3. The molecule has 2 aromatic carbocycles. The van der Waals surface area contributed by atoms with Gasteiger partial charge in [-0.05, 0) is 30.3 Å². The number of carbonyl (C=O) groups is 1. The summed E-state index contributed by atoms with van der Waals surface area (Å²) < 4.78 is 4.98. The van der Waals surface area contributed by atoms with Crippen molar-refractivity contribution >= 4 is 46.5 Å². The number of phenols is 1. The van der Waals surface area contributed by atoms with E-state index in [1.807, 2.05) is 0 Å². The maximum Gasteiger partial charge on any atom is 0.271 e. The molecule has 1 amide bonds. The Morgan fingerprint density at radius 3 is 2.89 bits per heavy atom. The number of aromatic hydroxyl groups is 1. The first-order chi connectivity index (χ1) is 13.4. The lowest BCUT2D eigenvalue weighted by Crippen LogP contribution is -2.17. The van der Waals surface area contributed by atoms with Gasteiger partial charge < -0.3 is 14.8 Å². The van der Waals surface area contributed by atoms with E-state index >= 15 is 0 Å². The summed E-state index contributed by atoms with van der Waals surface area (Å²) >= 11 is 7.69. The molecule has 0 aliphatic carbocycles. The number of phenolic OH excluding ortho intramolecular Hbond substituents is 1. The van der Waals surface area contributed by atoms with E-state index in [4.69, 9.17) is 16.3 Å². The van der Waals surface area contributed by atoms with Gasteiger partial charge in [0.15, 0.2) is 16.7 Å². The van der Waals surface area contributed by atoms with Crippen molar-refractivity contribution in [1.82, 2.24) is 15.4 Å². The van der Waals surface area contributed by atoms with E-state index in [2.05, 4.69) is 34.3 Å². The molecule has 7 nitrogen and oxygen atoms in total. The number of imidazole rings is 1. The monoisotopic (exact) mass is 418 g/mol. The average Bonchev–Trinajstić information content (AvgIpc) is 3.05. The third-order valence-electron chi connectivity index (χ3n) is 3.77. The van der Waals surface area contributed by atoms with Gasteiger partial charge >= 0.3 is 0 Å². The number of nitrogens with one attached hydrogen (secondary N) is 2. The molecule has 0 radical (unpaired) electrons. The van der Waals surface area contributed by atoms with Crippen LogP contribution in [0.3, 0.4) is 0 Å². The Balaban J connectivity index is 1.72. The number of rotatable bonds is 6. The molecule has 0 aliphatic heterocycles. The predicted molar refractivity (Wildman–Crippen MR) is 112 cm³/mol. The number of aromatic nitrogens is 2. The lowest BCUT2D eigenvalue weighted by molar-refractivity contribution is 0.0955. The summed E-state index contributed by atoms with van der Waals surface area (Å²) in [4.78, 5) is 20.0. The summed E-state index contributed by atoms with van der Waals surface area (Å²) in [6.45, 7) is 4.17. The van der Waals surface area contributed by atoms with Gasteiger partial charge in [-0.15, -0.1) is 0 Å². The number of thioether (sulfide) groups is 1. The maximum absolute atomic E-state index is 12.3.